The maximum absolute atomic E-state index is 11.1. The molecular weight excluding hydrogens is 551 g/mol. The highest BCUT2D eigenvalue weighted by molar-refractivity contribution is 6.35. The van der Waals surface area contributed by atoms with Crippen LogP contribution in [0.4, 0.5) is 0 Å². The SMILES string of the molecule is N/C(=C\C=C(/N)N1CCN2CCC1C2)Oc1cc(CN2CCC(CC(=O)O)CC2)cc(-c2cc(Cl)cc(Cl)c2)n1. The van der Waals surface area contributed by atoms with Crippen LogP contribution in [0.1, 0.15) is 31.2 Å². The van der Waals surface area contributed by atoms with Gasteiger partial charge in [-0.25, -0.2) is 4.98 Å². The summed E-state index contributed by atoms with van der Waals surface area (Å²) in [4.78, 5) is 22.8. The molecule has 3 aliphatic rings. The van der Waals surface area contributed by atoms with Gasteiger partial charge in [0.15, 0.2) is 5.88 Å². The van der Waals surface area contributed by atoms with Crippen molar-refractivity contribution < 1.29 is 14.6 Å². The number of hydrogen-bond donors (Lipinski definition) is 3. The Morgan fingerprint density at radius 2 is 1.75 bits per heavy atom. The molecule has 1 aromatic carbocycles. The van der Waals surface area contributed by atoms with E-state index in [4.69, 9.17) is 49.5 Å². The van der Waals surface area contributed by atoms with E-state index in [9.17, 15) is 4.79 Å². The summed E-state index contributed by atoms with van der Waals surface area (Å²) in [5.74, 6) is 0.705. The minimum atomic E-state index is -0.734. The Kier molecular flexibility index (Phi) is 9.05. The molecule has 2 unspecified atom stereocenters. The Balaban J connectivity index is 1.33. The second-order valence-corrected chi connectivity index (χ2v) is 11.7. The lowest BCUT2D eigenvalue weighted by molar-refractivity contribution is -0.138. The highest BCUT2D eigenvalue weighted by atomic mass is 35.5. The van der Waals surface area contributed by atoms with E-state index in [1.807, 2.05) is 24.3 Å². The summed E-state index contributed by atoms with van der Waals surface area (Å²) in [6, 6.07) is 9.62. The molecule has 9 nitrogen and oxygen atoms in total. The van der Waals surface area contributed by atoms with Gasteiger partial charge < -0.3 is 26.2 Å². The number of allylic oxidation sites excluding steroid dienone is 2. The number of aromatic nitrogens is 1. The predicted octanol–water partition coefficient (Wildman–Crippen LogP) is 4.11. The monoisotopic (exact) mass is 586 g/mol. The topological polar surface area (TPSA) is 121 Å². The summed E-state index contributed by atoms with van der Waals surface area (Å²) in [5.41, 5.74) is 15.1. The number of carboxylic acid groups (broad SMARTS) is 1. The van der Waals surface area contributed by atoms with Gasteiger partial charge in [0.05, 0.1) is 11.5 Å². The van der Waals surface area contributed by atoms with E-state index in [0.717, 1.165) is 69.7 Å². The van der Waals surface area contributed by atoms with Gasteiger partial charge in [0.25, 0.3) is 0 Å². The summed E-state index contributed by atoms with van der Waals surface area (Å²) < 4.78 is 5.98. The number of pyridine rings is 1. The van der Waals surface area contributed by atoms with Crippen LogP contribution in [0.5, 0.6) is 5.88 Å². The standard InChI is InChI=1S/C29H36Cl2N6O3/c30-22-14-21(15-23(31)16-22)25-11-20(17-35-6-3-19(4-7-35)13-29(38)39)12-28(34-25)40-27(33)2-1-26(32)37-10-9-36-8-5-24(37)18-36/h1-2,11-12,14-16,19,24H,3-10,13,17-18,32-33H2,(H,38,39)/b26-1+,27-2+. The number of likely N-dealkylation sites (tertiary alicyclic amines) is 1. The van der Waals surface area contributed by atoms with Crippen LogP contribution in [0.25, 0.3) is 11.3 Å². The second-order valence-electron chi connectivity index (χ2n) is 10.9. The fourth-order valence-electron chi connectivity index (χ4n) is 5.87. The highest BCUT2D eigenvalue weighted by Gasteiger charge is 2.32. The predicted molar refractivity (Wildman–Crippen MR) is 157 cm³/mol. The maximum atomic E-state index is 11.1. The first kappa shape index (κ1) is 28.5. The number of fused-ring (bicyclic) bond motifs is 2. The van der Waals surface area contributed by atoms with Gasteiger partial charge in [-0.1, -0.05) is 23.2 Å². The molecule has 2 atom stereocenters. The van der Waals surface area contributed by atoms with E-state index in [-0.39, 0.29) is 18.2 Å². The number of hydrogen-bond acceptors (Lipinski definition) is 8. The van der Waals surface area contributed by atoms with E-state index in [2.05, 4.69) is 14.7 Å². The maximum Gasteiger partial charge on any atom is 0.303 e. The number of nitrogens with two attached hydrogens (primary N) is 2. The van der Waals surface area contributed by atoms with Crippen LogP contribution in [0.2, 0.25) is 10.0 Å². The van der Waals surface area contributed by atoms with Gasteiger partial charge in [-0.3, -0.25) is 14.6 Å². The van der Waals surface area contributed by atoms with Crippen molar-refractivity contribution in [3.8, 4) is 17.1 Å². The molecule has 11 heteroatoms. The van der Waals surface area contributed by atoms with Crippen LogP contribution in [-0.2, 0) is 11.3 Å². The number of piperazine rings is 1. The van der Waals surface area contributed by atoms with Gasteiger partial charge in [-0.05, 0) is 74.2 Å². The molecule has 1 aromatic heterocycles. The molecule has 40 heavy (non-hydrogen) atoms. The molecule has 3 fully saturated rings. The van der Waals surface area contributed by atoms with Crippen molar-refractivity contribution in [2.75, 3.05) is 39.3 Å². The molecule has 5 rings (SSSR count). The molecule has 214 valence electrons. The summed E-state index contributed by atoms with van der Waals surface area (Å²) in [6.07, 6.45) is 6.53. The van der Waals surface area contributed by atoms with Gasteiger partial charge in [-0.15, -0.1) is 0 Å². The van der Waals surface area contributed by atoms with Crippen LogP contribution >= 0.6 is 23.2 Å². The summed E-state index contributed by atoms with van der Waals surface area (Å²) >= 11 is 12.6. The van der Waals surface area contributed by atoms with E-state index in [0.29, 0.717) is 40.0 Å². The third kappa shape index (κ3) is 7.40. The van der Waals surface area contributed by atoms with Gasteiger partial charge in [0.1, 0.15) is 0 Å². The van der Waals surface area contributed by atoms with E-state index < -0.39 is 5.97 Å². The van der Waals surface area contributed by atoms with Crippen molar-refractivity contribution in [1.82, 2.24) is 19.7 Å². The van der Waals surface area contributed by atoms with Crippen LogP contribution in [-0.4, -0.2) is 76.1 Å². The first-order valence-electron chi connectivity index (χ1n) is 13.7. The van der Waals surface area contributed by atoms with Gasteiger partial charge >= 0.3 is 5.97 Å². The molecule has 2 aromatic rings. The van der Waals surface area contributed by atoms with Gasteiger partial charge in [0.2, 0.25) is 5.88 Å². The van der Waals surface area contributed by atoms with Gasteiger partial charge in [0, 0.05) is 72.9 Å². The normalized spacial score (nSPS) is 22.5. The van der Waals surface area contributed by atoms with E-state index >= 15 is 0 Å². The molecule has 0 amide bonds. The lowest BCUT2D eigenvalue weighted by atomic mass is 9.93. The first-order chi connectivity index (χ1) is 19.2. The number of ether oxygens (including phenoxy) is 1. The molecule has 4 heterocycles. The third-order valence-electron chi connectivity index (χ3n) is 7.91. The fourth-order valence-corrected chi connectivity index (χ4v) is 6.39. The van der Waals surface area contributed by atoms with Gasteiger partial charge in [-0.2, -0.15) is 0 Å². The zero-order chi connectivity index (χ0) is 28.2. The molecule has 2 bridgehead atoms. The summed E-state index contributed by atoms with van der Waals surface area (Å²) in [6.45, 7) is 6.43. The van der Waals surface area contributed by atoms with Crippen LogP contribution in [0.3, 0.4) is 0 Å². The smallest absolute Gasteiger partial charge is 0.303 e. The van der Waals surface area contributed by atoms with E-state index in [1.54, 1.807) is 18.2 Å². The average Bonchev–Trinajstić information content (AvgIpc) is 3.27. The number of halogens is 2. The van der Waals surface area contributed by atoms with Crippen molar-refractivity contribution in [3.63, 3.8) is 0 Å². The fraction of sp³-hybridized carbons (Fsp3) is 0.448. The number of piperidine rings is 1. The minimum absolute atomic E-state index is 0.183. The summed E-state index contributed by atoms with van der Waals surface area (Å²) in [7, 11) is 0. The highest BCUT2D eigenvalue weighted by Crippen LogP contribution is 2.30. The first-order valence-corrected chi connectivity index (χ1v) is 14.5. The molecule has 0 aliphatic carbocycles. The van der Waals surface area contributed by atoms with Crippen molar-refractivity contribution in [1.29, 1.82) is 0 Å². The molecule has 5 N–H and O–H groups in total. The second kappa shape index (κ2) is 12.7. The lowest BCUT2D eigenvalue weighted by Gasteiger charge is -2.36. The molecular formula is C29H36Cl2N6O3. The Labute approximate surface area is 245 Å². The number of aliphatic carboxylic acids is 1. The lowest BCUT2D eigenvalue weighted by Crippen LogP contribution is -2.47. The molecule has 0 radical (unpaired) electrons. The molecule has 0 saturated carbocycles. The van der Waals surface area contributed by atoms with Crippen molar-refractivity contribution >= 4 is 29.2 Å². The Hall–Kier alpha value is -2.98. The Morgan fingerprint density at radius 1 is 1.00 bits per heavy atom. The summed E-state index contributed by atoms with van der Waals surface area (Å²) in [5, 5.41) is 10.2. The number of nitrogens with zero attached hydrogens (tertiary/aromatic N) is 4. The Bertz CT molecular complexity index is 1270. The third-order valence-corrected chi connectivity index (χ3v) is 8.35. The van der Waals surface area contributed by atoms with Crippen LogP contribution in [0, 0.1) is 5.92 Å². The van der Waals surface area contributed by atoms with Crippen molar-refractivity contribution in [2.45, 2.75) is 38.3 Å². The number of rotatable bonds is 9. The largest absolute Gasteiger partial charge is 0.481 e. The molecule has 3 saturated heterocycles. The molecule has 0 spiro atoms. The molecule has 3 aliphatic heterocycles. The van der Waals surface area contributed by atoms with Crippen LogP contribution < -0.4 is 16.2 Å². The Morgan fingerprint density at radius 3 is 2.48 bits per heavy atom. The minimum Gasteiger partial charge on any atom is -0.481 e. The average molecular weight is 588 g/mol. The van der Waals surface area contributed by atoms with Crippen LogP contribution in [0.15, 0.2) is 54.2 Å². The number of benzene rings is 1. The zero-order valence-corrected chi connectivity index (χ0v) is 23.9. The zero-order valence-electron chi connectivity index (χ0n) is 22.4. The number of carboxylic acids is 1. The van der Waals surface area contributed by atoms with Crippen molar-refractivity contribution in [2.24, 2.45) is 17.4 Å². The van der Waals surface area contributed by atoms with E-state index in [1.165, 1.54) is 0 Å². The quantitative estimate of drug-likeness (QED) is 0.294. The number of carbonyl (C=O) groups is 1. The van der Waals surface area contributed by atoms with Crippen molar-refractivity contribution in [3.05, 3.63) is 69.8 Å².